The van der Waals surface area contributed by atoms with Gasteiger partial charge < -0.3 is 10.2 Å². The van der Waals surface area contributed by atoms with Crippen molar-refractivity contribution in [3.8, 4) is 0 Å². The number of thioether (sulfide) groups is 1. The quantitative estimate of drug-likeness (QED) is 0.342. The molecule has 2 heterocycles. The van der Waals surface area contributed by atoms with Crippen LogP contribution in [0.15, 0.2) is 23.4 Å². The number of carbonyl (C=O) groups excluding carboxylic acids is 1. The third kappa shape index (κ3) is 4.59. The first-order valence-corrected chi connectivity index (χ1v) is 12.9. The third-order valence-electron chi connectivity index (χ3n) is 5.64. The normalized spacial score (nSPS) is 22.5. The van der Waals surface area contributed by atoms with Crippen molar-refractivity contribution in [1.29, 1.82) is 0 Å². The number of rotatable bonds is 5. The summed E-state index contributed by atoms with van der Waals surface area (Å²) >= 11 is 14.3. The molecule has 0 fully saturated rings. The number of amides is 1. The van der Waals surface area contributed by atoms with Gasteiger partial charge in [-0.25, -0.2) is 4.39 Å². The number of aryl methyl sites for hydroxylation is 1. The molecule has 1 aliphatic carbocycles. The minimum absolute atomic E-state index is 0.0872. The average Bonchev–Trinajstić information content (AvgIpc) is 3.37. The first-order chi connectivity index (χ1) is 15.6. The minimum Gasteiger partial charge on any atom is -0.374 e. The summed E-state index contributed by atoms with van der Waals surface area (Å²) in [6, 6.07) is 3.32. The fraction of sp³-hybridized carbons (Fsp3) is 0.429. The van der Waals surface area contributed by atoms with E-state index in [0.29, 0.717) is 10.6 Å². The number of thiophene rings is 1. The van der Waals surface area contributed by atoms with E-state index in [2.05, 4.69) is 10.5 Å². The Kier molecular flexibility index (Phi) is 6.93. The number of fused-ring (bicyclic) bond motifs is 1. The van der Waals surface area contributed by atoms with E-state index in [1.807, 2.05) is 6.26 Å². The summed E-state index contributed by atoms with van der Waals surface area (Å²) in [5, 5.41) is 5.71. The molecule has 1 N–H and O–H groups in total. The highest BCUT2D eigenvalue weighted by Gasteiger charge is 2.62. The molecule has 12 heteroatoms. The van der Waals surface area contributed by atoms with E-state index < -0.39 is 39.6 Å². The topological polar surface area (TPSA) is 50.7 Å². The summed E-state index contributed by atoms with van der Waals surface area (Å²) in [6.45, 7) is 0. The fourth-order valence-electron chi connectivity index (χ4n) is 4.04. The number of hydrogen-bond donors (Lipinski definition) is 1. The van der Waals surface area contributed by atoms with Gasteiger partial charge >= 0.3 is 6.18 Å². The maximum Gasteiger partial charge on any atom is 0.435 e. The number of benzene rings is 1. The standard InChI is InChI=1S/C21H18Cl2F4N2O2S2/c1-32-9-18(30)28-14-3-2-4-16-11(14)7-17(33-16)15-8-20(31-29-15,21(25,26)27)10-5-12(22)19(24)13(23)6-10/h5-7,14H,2-4,8-9H2,1H3,(H,28,30). The lowest BCUT2D eigenvalue weighted by atomic mass is 9.87. The molecule has 0 radical (unpaired) electrons. The van der Waals surface area contributed by atoms with Crippen LogP contribution in [0.2, 0.25) is 10.0 Å². The average molecular weight is 541 g/mol. The molecule has 4 rings (SSSR count). The van der Waals surface area contributed by atoms with Crippen molar-refractivity contribution < 1.29 is 27.2 Å². The van der Waals surface area contributed by atoms with Gasteiger partial charge in [-0.05, 0) is 49.3 Å². The number of nitrogens with one attached hydrogen (secondary N) is 1. The molecule has 2 unspecified atom stereocenters. The molecule has 4 nitrogen and oxygen atoms in total. The number of hydrogen-bond acceptors (Lipinski definition) is 5. The number of nitrogens with zero attached hydrogens (tertiary/aromatic N) is 1. The maximum absolute atomic E-state index is 14.2. The van der Waals surface area contributed by atoms with Crippen molar-refractivity contribution in [1.82, 2.24) is 5.32 Å². The Bertz CT molecular complexity index is 1100. The van der Waals surface area contributed by atoms with E-state index >= 15 is 0 Å². The molecule has 0 saturated carbocycles. The number of halogens is 6. The van der Waals surface area contributed by atoms with Gasteiger partial charge in [-0.3, -0.25) is 4.79 Å². The summed E-state index contributed by atoms with van der Waals surface area (Å²) in [7, 11) is 0. The maximum atomic E-state index is 14.2. The van der Waals surface area contributed by atoms with Gasteiger partial charge in [0.2, 0.25) is 5.91 Å². The summed E-state index contributed by atoms with van der Waals surface area (Å²) in [5.41, 5.74) is -2.23. The van der Waals surface area contributed by atoms with Crippen LogP contribution < -0.4 is 5.32 Å². The van der Waals surface area contributed by atoms with Crippen molar-refractivity contribution in [2.75, 3.05) is 12.0 Å². The molecule has 1 amide bonds. The largest absolute Gasteiger partial charge is 0.435 e. The van der Waals surface area contributed by atoms with E-state index in [-0.39, 0.29) is 17.7 Å². The summed E-state index contributed by atoms with van der Waals surface area (Å²) in [6.07, 6.45) is -1.26. The highest BCUT2D eigenvalue weighted by Crippen LogP contribution is 2.51. The second-order valence-electron chi connectivity index (χ2n) is 7.82. The van der Waals surface area contributed by atoms with Gasteiger partial charge in [-0.15, -0.1) is 11.3 Å². The Morgan fingerprint density at radius 1 is 1.33 bits per heavy atom. The van der Waals surface area contributed by atoms with Gasteiger partial charge in [0.15, 0.2) is 5.82 Å². The van der Waals surface area contributed by atoms with Crippen molar-refractivity contribution >= 4 is 57.9 Å². The van der Waals surface area contributed by atoms with E-state index in [4.69, 9.17) is 28.0 Å². The monoisotopic (exact) mass is 540 g/mol. The molecule has 33 heavy (non-hydrogen) atoms. The first-order valence-electron chi connectivity index (χ1n) is 9.94. The Hall–Kier alpha value is -1.49. The van der Waals surface area contributed by atoms with Crippen LogP contribution in [0.4, 0.5) is 17.6 Å². The van der Waals surface area contributed by atoms with E-state index in [1.54, 1.807) is 6.07 Å². The smallest absolute Gasteiger partial charge is 0.374 e. The van der Waals surface area contributed by atoms with Crippen LogP contribution in [0.1, 0.15) is 46.2 Å². The van der Waals surface area contributed by atoms with Crippen molar-refractivity contribution in [3.05, 3.63) is 54.9 Å². The second-order valence-corrected chi connectivity index (χ2v) is 10.6. The van der Waals surface area contributed by atoms with Gasteiger partial charge in [-0.2, -0.15) is 24.9 Å². The predicted octanol–water partition coefficient (Wildman–Crippen LogP) is 6.63. The molecule has 0 bridgehead atoms. The Balaban J connectivity index is 1.65. The Labute approximate surface area is 205 Å². The van der Waals surface area contributed by atoms with Crippen molar-refractivity contribution in [2.24, 2.45) is 5.16 Å². The molecule has 1 aliphatic heterocycles. The van der Waals surface area contributed by atoms with Crippen LogP contribution in [0.5, 0.6) is 0 Å². The predicted molar refractivity (Wildman–Crippen MR) is 123 cm³/mol. The lowest BCUT2D eigenvalue weighted by Crippen LogP contribution is -2.42. The van der Waals surface area contributed by atoms with Gasteiger partial charge in [0.05, 0.1) is 33.1 Å². The Morgan fingerprint density at radius 3 is 2.67 bits per heavy atom. The van der Waals surface area contributed by atoms with Crippen LogP contribution in [0, 0.1) is 5.82 Å². The SMILES string of the molecule is CSCC(=O)NC1CCCc2sc(C3=NOC(c4cc(Cl)c(F)c(Cl)c4)(C(F)(F)F)C3)cc21. The number of oxime groups is 1. The van der Waals surface area contributed by atoms with Gasteiger partial charge in [0, 0.05) is 10.4 Å². The number of alkyl halides is 3. The van der Waals surface area contributed by atoms with Crippen LogP contribution in [-0.2, 0) is 21.7 Å². The summed E-state index contributed by atoms with van der Waals surface area (Å²) in [5.74, 6) is -0.755. The van der Waals surface area contributed by atoms with Crippen LogP contribution in [-0.4, -0.2) is 29.8 Å². The number of carbonyl (C=O) groups is 1. The van der Waals surface area contributed by atoms with E-state index in [9.17, 15) is 22.4 Å². The lowest BCUT2D eigenvalue weighted by molar-refractivity contribution is -0.275. The van der Waals surface area contributed by atoms with Crippen LogP contribution in [0.3, 0.4) is 0 Å². The Morgan fingerprint density at radius 2 is 2.03 bits per heavy atom. The summed E-state index contributed by atoms with van der Waals surface area (Å²) < 4.78 is 56.5. The molecular weight excluding hydrogens is 523 g/mol. The van der Waals surface area contributed by atoms with E-state index in [0.717, 1.165) is 41.8 Å². The van der Waals surface area contributed by atoms with Crippen molar-refractivity contribution in [2.45, 2.75) is 43.5 Å². The molecular formula is C21H18Cl2F4N2O2S2. The molecule has 1 aromatic carbocycles. The highest BCUT2D eigenvalue weighted by atomic mass is 35.5. The van der Waals surface area contributed by atoms with Crippen molar-refractivity contribution in [3.63, 3.8) is 0 Å². The fourth-order valence-corrected chi connectivity index (χ4v) is 6.12. The third-order valence-corrected chi connectivity index (χ3v) is 8.01. The minimum atomic E-state index is -4.87. The van der Waals surface area contributed by atoms with Crippen LogP contribution in [0.25, 0.3) is 0 Å². The molecule has 2 aliphatic rings. The molecule has 2 atom stereocenters. The molecule has 178 valence electrons. The highest BCUT2D eigenvalue weighted by molar-refractivity contribution is 7.99. The van der Waals surface area contributed by atoms with Gasteiger partial charge in [-0.1, -0.05) is 28.4 Å². The van der Waals surface area contributed by atoms with E-state index in [1.165, 1.54) is 23.1 Å². The molecule has 0 saturated heterocycles. The first kappa shape index (κ1) is 24.6. The summed E-state index contributed by atoms with van der Waals surface area (Å²) in [4.78, 5) is 18.6. The zero-order valence-corrected chi connectivity index (χ0v) is 20.3. The molecule has 2 aromatic rings. The molecule has 1 aromatic heterocycles. The molecule has 0 spiro atoms. The second kappa shape index (κ2) is 9.28. The lowest BCUT2D eigenvalue weighted by Gasteiger charge is -2.29. The van der Waals surface area contributed by atoms with Gasteiger partial charge in [0.25, 0.3) is 5.60 Å². The van der Waals surface area contributed by atoms with Crippen LogP contribution >= 0.6 is 46.3 Å². The zero-order valence-electron chi connectivity index (χ0n) is 17.2. The van der Waals surface area contributed by atoms with Gasteiger partial charge in [0.1, 0.15) is 5.71 Å². The zero-order chi connectivity index (χ0) is 24.0.